The van der Waals surface area contributed by atoms with Crippen molar-refractivity contribution in [3.8, 4) is 0 Å². The molecule has 3 heterocycles. The van der Waals surface area contributed by atoms with Gasteiger partial charge in [-0.15, -0.1) is 11.3 Å². The van der Waals surface area contributed by atoms with Crippen LogP contribution in [0.4, 0.5) is 0 Å². The van der Waals surface area contributed by atoms with Crippen LogP contribution in [0.1, 0.15) is 0 Å². The molecular weight excluding hydrogens is 214 g/mol. The molecule has 0 aromatic carbocycles. The molecule has 5 nitrogen and oxygen atoms in total. The van der Waals surface area contributed by atoms with Crippen LogP contribution in [0.15, 0.2) is 27.9 Å². The third-order valence-electron chi connectivity index (χ3n) is 2.17. The van der Waals surface area contributed by atoms with Crippen molar-refractivity contribution in [2.24, 2.45) is 0 Å². The molecule has 3 rings (SSSR count). The number of hydrogen-bond acceptors (Lipinski definition) is 4. The maximum Gasteiger partial charge on any atom is 0.280 e. The van der Waals surface area contributed by atoms with Crippen LogP contribution < -0.4 is 11.1 Å². The van der Waals surface area contributed by atoms with Crippen LogP contribution in [0.3, 0.4) is 0 Å². The number of nitrogens with one attached hydrogen (secondary N) is 2. The highest BCUT2D eigenvalue weighted by Crippen LogP contribution is 2.26. The number of rotatable bonds is 0. The summed E-state index contributed by atoms with van der Waals surface area (Å²) >= 11 is 1.28. The van der Waals surface area contributed by atoms with E-state index in [1.54, 1.807) is 12.3 Å². The van der Waals surface area contributed by atoms with Crippen LogP contribution in [0, 0.1) is 0 Å². The first kappa shape index (κ1) is 8.37. The molecule has 0 aliphatic rings. The van der Waals surface area contributed by atoms with E-state index in [1.165, 1.54) is 11.3 Å². The van der Waals surface area contributed by atoms with E-state index in [-0.39, 0.29) is 11.1 Å². The summed E-state index contributed by atoms with van der Waals surface area (Å²) in [5.74, 6) is 0. The maximum absolute atomic E-state index is 11.5. The fourth-order valence-corrected chi connectivity index (χ4v) is 2.59. The second-order valence-electron chi connectivity index (χ2n) is 3.06. The molecule has 0 aliphatic heterocycles. The van der Waals surface area contributed by atoms with Crippen LogP contribution in [0.2, 0.25) is 0 Å². The minimum atomic E-state index is -0.311. The minimum Gasteiger partial charge on any atom is -0.267 e. The molecule has 0 fully saturated rings. The predicted octanol–water partition coefficient (Wildman–Crippen LogP) is 0.826. The smallest absolute Gasteiger partial charge is 0.267 e. The van der Waals surface area contributed by atoms with E-state index in [4.69, 9.17) is 0 Å². The molecule has 0 bridgehead atoms. The van der Waals surface area contributed by atoms with E-state index in [0.29, 0.717) is 15.6 Å². The zero-order valence-corrected chi connectivity index (χ0v) is 8.22. The van der Waals surface area contributed by atoms with Gasteiger partial charge in [0.05, 0.1) is 15.6 Å². The Hall–Kier alpha value is -1.95. The molecule has 3 aromatic heterocycles. The number of fused-ring (bicyclic) bond motifs is 3. The normalized spacial score (nSPS) is 11.2. The fourth-order valence-electron chi connectivity index (χ4n) is 1.53. The van der Waals surface area contributed by atoms with E-state index in [9.17, 15) is 9.59 Å². The molecule has 0 radical (unpaired) electrons. The average molecular weight is 219 g/mol. The molecule has 0 spiro atoms. The molecule has 3 aromatic rings. The van der Waals surface area contributed by atoms with Gasteiger partial charge in [-0.1, -0.05) is 0 Å². The van der Waals surface area contributed by atoms with Gasteiger partial charge >= 0.3 is 0 Å². The number of pyridine rings is 1. The van der Waals surface area contributed by atoms with Gasteiger partial charge in [-0.3, -0.25) is 24.8 Å². The molecule has 2 N–H and O–H groups in total. The third-order valence-corrected chi connectivity index (χ3v) is 3.31. The number of nitrogens with zero attached hydrogens (tertiary/aromatic N) is 1. The Labute approximate surface area is 86.4 Å². The van der Waals surface area contributed by atoms with Crippen LogP contribution >= 0.6 is 11.3 Å². The topological polar surface area (TPSA) is 78.6 Å². The Bertz CT molecular complexity index is 768. The molecule has 0 aliphatic carbocycles. The summed E-state index contributed by atoms with van der Waals surface area (Å²) in [5, 5.41) is 4.96. The molecule has 74 valence electrons. The van der Waals surface area contributed by atoms with Gasteiger partial charge in [-0.2, -0.15) is 0 Å². The van der Waals surface area contributed by atoms with Crippen molar-refractivity contribution in [2.45, 2.75) is 0 Å². The van der Waals surface area contributed by atoms with Gasteiger partial charge in [-0.25, -0.2) is 0 Å². The summed E-state index contributed by atoms with van der Waals surface area (Å²) in [6.07, 6.45) is 1.61. The van der Waals surface area contributed by atoms with Gasteiger partial charge in [0.2, 0.25) is 0 Å². The highest BCUT2D eigenvalue weighted by atomic mass is 32.1. The Kier molecular flexibility index (Phi) is 1.54. The first-order valence-electron chi connectivity index (χ1n) is 4.25. The Balaban J connectivity index is 2.79. The summed E-state index contributed by atoms with van der Waals surface area (Å²) in [6.45, 7) is 0. The van der Waals surface area contributed by atoms with E-state index in [1.807, 2.05) is 6.07 Å². The van der Waals surface area contributed by atoms with Crippen molar-refractivity contribution in [3.05, 3.63) is 39.0 Å². The Morgan fingerprint density at radius 2 is 2.00 bits per heavy atom. The predicted molar refractivity (Wildman–Crippen MR) is 58.4 cm³/mol. The first-order valence-corrected chi connectivity index (χ1v) is 5.07. The van der Waals surface area contributed by atoms with Crippen LogP contribution in [-0.4, -0.2) is 15.2 Å². The summed E-state index contributed by atoms with van der Waals surface area (Å²) in [4.78, 5) is 27.1. The van der Waals surface area contributed by atoms with Crippen LogP contribution in [0.5, 0.6) is 0 Å². The van der Waals surface area contributed by atoms with Crippen molar-refractivity contribution in [2.75, 3.05) is 0 Å². The van der Waals surface area contributed by atoms with Crippen molar-refractivity contribution >= 4 is 31.6 Å². The lowest BCUT2D eigenvalue weighted by atomic mass is 10.3. The largest absolute Gasteiger partial charge is 0.280 e. The van der Waals surface area contributed by atoms with Crippen LogP contribution in [-0.2, 0) is 0 Å². The lowest BCUT2D eigenvalue weighted by Crippen LogP contribution is -2.17. The lowest BCUT2D eigenvalue weighted by Gasteiger charge is -1.87. The summed E-state index contributed by atoms with van der Waals surface area (Å²) in [5.41, 5.74) is -0.00741. The van der Waals surface area contributed by atoms with E-state index < -0.39 is 0 Å². The number of hydrogen-bond donors (Lipinski definition) is 2. The maximum atomic E-state index is 11.5. The van der Waals surface area contributed by atoms with Gasteiger partial charge < -0.3 is 0 Å². The Morgan fingerprint density at radius 3 is 2.87 bits per heavy atom. The molecule has 0 amide bonds. The highest BCUT2D eigenvalue weighted by Gasteiger charge is 2.11. The van der Waals surface area contributed by atoms with E-state index in [0.717, 1.165) is 4.70 Å². The second-order valence-corrected chi connectivity index (χ2v) is 4.12. The quantitative estimate of drug-likeness (QED) is 0.587. The standard InChI is InChI=1S/C9H5N3O2S/c13-8-5-6-4(2-1-3-10-6)15-7(5)9(14)12-11-8/h1-3H,(H,11,13)(H,12,14). The zero-order valence-electron chi connectivity index (χ0n) is 7.40. The second kappa shape index (κ2) is 2.77. The van der Waals surface area contributed by atoms with Gasteiger partial charge in [0.1, 0.15) is 4.70 Å². The lowest BCUT2D eigenvalue weighted by molar-refractivity contribution is 0.980. The van der Waals surface area contributed by atoms with Crippen molar-refractivity contribution in [1.29, 1.82) is 0 Å². The highest BCUT2D eigenvalue weighted by molar-refractivity contribution is 7.25. The SMILES string of the molecule is O=c1[nH][nH]c(=O)c2c1sc1cccnc12. The number of aromatic nitrogens is 3. The molecular formula is C9H5N3O2S. The minimum absolute atomic E-state index is 0.285. The van der Waals surface area contributed by atoms with Crippen molar-refractivity contribution in [1.82, 2.24) is 15.2 Å². The molecule has 6 heteroatoms. The molecule has 0 saturated heterocycles. The van der Waals surface area contributed by atoms with Gasteiger partial charge in [0.25, 0.3) is 11.1 Å². The molecule has 0 atom stereocenters. The monoisotopic (exact) mass is 219 g/mol. The van der Waals surface area contributed by atoms with Gasteiger partial charge in [-0.05, 0) is 12.1 Å². The van der Waals surface area contributed by atoms with Gasteiger partial charge in [0.15, 0.2) is 0 Å². The third kappa shape index (κ3) is 1.05. The first-order chi connectivity index (χ1) is 7.27. The zero-order chi connectivity index (χ0) is 10.4. The number of H-pyrrole nitrogens is 2. The molecule has 0 unspecified atom stereocenters. The summed E-state index contributed by atoms with van der Waals surface area (Å²) in [6, 6.07) is 3.62. The number of thiophene rings is 1. The van der Waals surface area contributed by atoms with E-state index >= 15 is 0 Å². The average Bonchev–Trinajstić information content (AvgIpc) is 2.64. The summed E-state index contributed by atoms with van der Waals surface area (Å²) in [7, 11) is 0. The van der Waals surface area contributed by atoms with E-state index in [2.05, 4.69) is 15.2 Å². The Morgan fingerprint density at radius 1 is 1.20 bits per heavy atom. The van der Waals surface area contributed by atoms with Gasteiger partial charge in [0, 0.05) is 6.20 Å². The molecule has 0 saturated carbocycles. The van der Waals surface area contributed by atoms with Crippen molar-refractivity contribution in [3.63, 3.8) is 0 Å². The fraction of sp³-hybridized carbons (Fsp3) is 0. The molecule has 15 heavy (non-hydrogen) atoms. The van der Waals surface area contributed by atoms with Crippen molar-refractivity contribution < 1.29 is 0 Å². The number of aromatic amines is 2. The van der Waals surface area contributed by atoms with Crippen LogP contribution in [0.25, 0.3) is 20.3 Å². The summed E-state index contributed by atoms with van der Waals surface area (Å²) < 4.78 is 1.27.